The second-order valence-electron chi connectivity index (χ2n) is 6.56. The van der Waals surface area contributed by atoms with Crippen molar-refractivity contribution < 1.29 is 14.0 Å². The second kappa shape index (κ2) is 9.07. The van der Waals surface area contributed by atoms with Crippen molar-refractivity contribution in [3.63, 3.8) is 0 Å². The molecule has 2 N–H and O–H groups in total. The third kappa shape index (κ3) is 5.12. The normalized spacial score (nSPS) is 16.7. The lowest BCUT2D eigenvalue weighted by molar-refractivity contribution is -0.136. The van der Waals surface area contributed by atoms with Gasteiger partial charge in [-0.1, -0.05) is 12.1 Å². The first kappa shape index (κ1) is 19.5. The molecular formula is C19H23FN4O2S. The molecule has 1 aliphatic heterocycles. The molecule has 1 atom stereocenters. The fraction of sp³-hybridized carbons (Fsp3) is 0.368. The van der Waals surface area contributed by atoms with Gasteiger partial charge in [-0.3, -0.25) is 14.5 Å². The molecule has 27 heavy (non-hydrogen) atoms. The number of rotatable bonds is 5. The van der Waals surface area contributed by atoms with Crippen molar-refractivity contribution in [2.75, 3.05) is 45.1 Å². The van der Waals surface area contributed by atoms with Crippen LogP contribution in [0.25, 0.3) is 0 Å². The summed E-state index contributed by atoms with van der Waals surface area (Å²) in [6.45, 7) is 4.04. The Bertz CT molecular complexity index is 776. The van der Waals surface area contributed by atoms with Crippen LogP contribution in [0.3, 0.4) is 0 Å². The van der Waals surface area contributed by atoms with Crippen molar-refractivity contribution in [1.29, 1.82) is 0 Å². The number of amides is 2. The SMILES string of the molecule is CN1CCN(C(CNC(=O)C(=O)Nc2ccccc2F)c2ccsc2)CC1. The standard InChI is InChI=1S/C19H23FN4O2S/c1-23-7-9-24(10-8-23)17(14-6-11-27-13-14)12-21-18(25)19(26)22-16-5-3-2-4-15(16)20/h2-6,11,13,17H,7-10,12H2,1H3,(H,21,25)(H,22,26). The van der Waals surface area contributed by atoms with Crippen LogP contribution < -0.4 is 10.6 Å². The van der Waals surface area contributed by atoms with Crippen molar-refractivity contribution in [2.24, 2.45) is 0 Å². The number of hydrogen-bond acceptors (Lipinski definition) is 5. The van der Waals surface area contributed by atoms with Gasteiger partial charge in [0.1, 0.15) is 5.82 Å². The number of carbonyl (C=O) groups is 2. The largest absolute Gasteiger partial charge is 0.346 e. The molecule has 1 unspecified atom stereocenters. The van der Waals surface area contributed by atoms with Gasteiger partial charge in [0, 0.05) is 32.7 Å². The summed E-state index contributed by atoms with van der Waals surface area (Å²) >= 11 is 1.61. The zero-order valence-corrected chi connectivity index (χ0v) is 16.0. The predicted octanol–water partition coefficient (Wildman–Crippen LogP) is 1.93. The molecule has 1 aliphatic rings. The number of halogens is 1. The third-order valence-corrected chi connectivity index (χ3v) is 5.39. The van der Waals surface area contributed by atoms with Crippen LogP contribution in [-0.2, 0) is 9.59 Å². The summed E-state index contributed by atoms with van der Waals surface area (Å²) in [6.07, 6.45) is 0. The molecule has 6 nitrogen and oxygen atoms in total. The van der Waals surface area contributed by atoms with Gasteiger partial charge >= 0.3 is 11.8 Å². The summed E-state index contributed by atoms with van der Waals surface area (Å²) in [5.41, 5.74) is 1.12. The number of benzene rings is 1. The highest BCUT2D eigenvalue weighted by atomic mass is 32.1. The van der Waals surface area contributed by atoms with E-state index in [4.69, 9.17) is 0 Å². The van der Waals surface area contributed by atoms with E-state index in [0.29, 0.717) is 6.54 Å². The van der Waals surface area contributed by atoms with Gasteiger partial charge in [-0.25, -0.2) is 4.39 Å². The van der Waals surface area contributed by atoms with Crippen LogP contribution in [0, 0.1) is 5.82 Å². The molecule has 1 aromatic carbocycles. The molecule has 0 saturated carbocycles. The minimum atomic E-state index is -0.873. The highest BCUT2D eigenvalue weighted by Crippen LogP contribution is 2.23. The Kier molecular flexibility index (Phi) is 6.54. The first-order chi connectivity index (χ1) is 13.0. The minimum absolute atomic E-state index is 0.00824. The number of nitrogens with zero attached hydrogens (tertiary/aromatic N) is 2. The van der Waals surface area contributed by atoms with Crippen LogP contribution >= 0.6 is 11.3 Å². The van der Waals surface area contributed by atoms with Crippen molar-refractivity contribution in [3.05, 3.63) is 52.5 Å². The molecule has 144 valence electrons. The van der Waals surface area contributed by atoms with Crippen LogP contribution in [0.2, 0.25) is 0 Å². The van der Waals surface area contributed by atoms with Gasteiger partial charge in [0.15, 0.2) is 0 Å². The van der Waals surface area contributed by atoms with Gasteiger partial charge in [-0.05, 0) is 41.6 Å². The van der Waals surface area contributed by atoms with Crippen LogP contribution in [0.1, 0.15) is 11.6 Å². The van der Waals surface area contributed by atoms with Gasteiger partial charge in [0.25, 0.3) is 0 Å². The van der Waals surface area contributed by atoms with Gasteiger partial charge in [0.2, 0.25) is 0 Å². The minimum Gasteiger partial charge on any atom is -0.346 e. The maximum Gasteiger partial charge on any atom is 0.313 e. The number of anilines is 1. The molecule has 0 radical (unpaired) electrons. The number of piperazine rings is 1. The van der Waals surface area contributed by atoms with Gasteiger partial charge in [-0.2, -0.15) is 11.3 Å². The summed E-state index contributed by atoms with van der Waals surface area (Å²) in [5.74, 6) is -2.22. The summed E-state index contributed by atoms with van der Waals surface area (Å²) in [5, 5.41) is 9.07. The lowest BCUT2D eigenvalue weighted by atomic mass is 10.1. The molecule has 0 aliphatic carbocycles. The average Bonchev–Trinajstić information content (AvgIpc) is 3.19. The molecular weight excluding hydrogens is 367 g/mol. The Morgan fingerprint density at radius 2 is 1.89 bits per heavy atom. The van der Waals surface area contributed by atoms with Gasteiger partial charge in [-0.15, -0.1) is 0 Å². The fourth-order valence-corrected chi connectivity index (χ4v) is 3.77. The fourth-order valence-electron chi connectivity index (χ4n) is 3.07. The van der Waals surface area contributed by atoms with Gasteiger partial charge in [0.05, 0.1) is 11.7 Å². The predicted molar refractivity (Wildman–Crippen MR) is 104 cm³/mol. The van der Waals surface area contributed by atoms with Crippen LogP contribution in [-0.4, -0.2) is 61.4 Å². The monoisotopic (exact) mass is 390 g/mol. The van der Waals surface area contributed by atoms with E-state index in [0.717, 1.165) is 31.7 Å². The summed E-state index contributed by atoms with van der Waals surface area (Å²) in [6, 6.07) is 7.81. The van der Waals surface area contributed by atoms with Crippen LogP contribution in [0.4, 0.5) is 10.1 Å². The Labute approximate surface area is 162 Å². The molecule has 1 aromatic heterocycles. The number of carbonyl (C=O) groups excluding carboxylic acids is 2. The average molecular weight is 390 g/mol. The maximum absolute atomic E-state index is 13.6. The van der Waals surface area contributed by atoms with E-state index in [1.807, 2.05) is 11.4 Å². The molecule has 2 aromatic rings. The maximum atomic E-state index is 13.6. The zero-order chi connectivity index (χ0) is 19.2. The smallest absolute Gasteiger partial charge is 0.313 e. The van der Waals surface area contributed by atoms with E-state index >= 15 is 0 Å². The Balaban J connectivity index is 1.60. The number of hydrogen-bond donors (Lipinski definition) is 2. The number of nitrogens with one attached hydrogen (secondary N) is 2. The summed E-state index contributed by atoms with van der Waals surface area (Å²) in [7, 11) is 2.09. The lowest BCUT2D eigenvalue weighted by Gasteiger charge is -2.37. The Morgan fingerprint density at radius 1 is 1.15 bits per heavy atom. The molecule has 3 rings (SSSR count). The highest BCUT2D eigenvalue weighted by molar-refractivity contribution is 7.08. The highest BCUT2D eigenvalue weighted by Gasteiger charge is 2.25. The second-order valence-corrected chi connectivity index (χ2v) is 7.34. The van der Waals surface area contributed by atoms with E-state index in [2.05, 4.69) is 32.9 Å². The summed E-state index contributed by atoms with van der Waals surface area (Å²) < 4.78 is 13.6. The molecule has 1 saturated heterocycles. The quantitative estimate of drug-likeness (QED) is 0.766. The summed E-state index contributed by atoms with van der Waals surface area (Å²) in [4.78, 5) is 28.9. The van der Waals surface area contributed by atoms with E-state index in [1.54, 1.807) is 17.4 Å². The molecule has 8 heteroatoms. The van der Waals surface area contributed by atoms with Crippen LogP contribution in [0.5, 0.6) is 0 Å². The number of thiophene rings is 1. The number of para-hydroxylation sites is 1. The lowest BCUT2D eigenvalue weighted by Crippen LogP contribution is -2.49. The van der Waals surface area contributed by atoms with E-state index in [1.165, 1.54) is 18.2 Å². The third-order valence-electron chi connectivity index (χ3n) is 4.69. The molecule has 2 amide bonds. The van der Waals surface area contributed by atoms with Crippen molar-refractivity contribution >= 4 is 28.8 Å². The number of likely N-dealkylation sites (N-methyl/N-ethyl adjacent to an activating group) is 1. The van der Waals surface area contributed by atoms with Gasteiger partial charge < -0.3 is 15.5 Å². The van der Waals surface area contributed by atoms with Crippen molar-refractivity contribution in [1.82, 2.24) is 15.1 Å². The molecule has 2 heterocycles. The Hall–Kier alpha value is -2.29. The van der Waals surface area contributed by atoms with E-state index < -0.39 is 17.6 Å². The van der Waals surface area contributed by atoms with Crippen LogP contribution in [0.15, 0.2) is 41.1 Å². The van der Waals surface area contributed by atoms with Crippen molar-refractivity contribution in [2.45, 2.75) is 6.04 Å². The zero-order valence-electron chi connectivity index (χ0n) is 15.2. The first-order valence-corrected chi connectivity index (χ1v) is 9.77. The molecule has 0 spiro atoms. The van der Waals surface area contributed by atoms with E-state index in [9.17, 15) is 14.0 Å². The molecule has 0 bridgehead atoms. The van der Waals surface area contributed by atoms with Crippen molar-refractivity contribution in [3.8, 4) is 0 Å². The molecule has 1 fully saturated rings. The first-order valence-electron chi connectivity index (χ1n) is 8.83. The Morgan fingerprint density at radius 3 is 2.56 bits per heavy atom. The topological polar surface area (TPSA) is 64.7 Å². The van der Waals surface area contributed by atoms with E-state index in [-0.39, 0.29) is 11.7 Å².